The van der Waals surface area contributed by atoms with Gasteiger partial charge in [0.05, 0.1) is 21.4 Å². The number of hydrogen-bond acceptors (Lipinski definition) is 6. The summed E-state index contributed by atoms with van der Waals surface area (Å²) in [6.07, 6.45) is 1.28. The van der Waals surface area contributed by atoms with E-state index in [1.165, 1.54) is 34.8 Å². The van der Waals surface area contributed by atoms with Gasteiger partial charge in [0.2, 0.25) is 0 Å². The molecule has 0 atom stereocenters. The quantitative estimate of drug-likeness (QED) is 0.568. The third-order valence-electron chi connectivity index (χ3n) is 4.16. The minimum atomic E-state index is -0.130. The fourth-order valence-corrected chi connectivity index (χ4v) is 6.64. The zero-order chi connectivity index (χ0) is 18.6. The Morgan fingerprint density at radius 1 is 1.19 bits per heavy atom. The minimum Gasteiger partial charge on any atom is -0.494 e. The first-order chi connectivity index (χ1) is 13.2. The predicted molar refractivity (Wildman–Crippen MR) is 117 cm³/mol. The molecule has 140 valence electrons. The van der Waals surface area contributed by atoms with E-state index in [1.807, 2.05) is 60.8 Å². The summed E-state index contributed by atoms with van der Waals surface area (Å²) in [6.45, 7) is 2.58. The molecule has 1 aromatic heterocycles. The van der Waals surface area contributed by atoms with Gasteiger partial charge in [0.1, 0.15) is 5.75 Å². The van der Waals surface area contributed by atoms with E-state index >= 15 is 0 Å². The zero-order valence-corrected chi connectivity index (χ0v) is 17.4. The lowest BCUT2D eigenvalue weighted by atomic mass is 10.1. The Morgan fingerprint density at radius 2 is 1.96 bits per heavy atom. The lowest BCUT2D eigenvalue weighted by Crippen LogP contribution is -2.11. The number of amides is 1. The van der Waals surface area contributed by atoms with E-state index in [2.05, 4.69) is 22.4 Å². The highest BCUT2D eigenvalue weighted by Crippen LogP contribution is 2.43. The summed E-state index contributed by atoms with van der Waals surface area (Å²) in [7, 11) is 0. The molecule has 0 unspecified atom stereocenters. The van der Waals surface area contributed by atoms with Gasteiger partial charge in [-0.05, 0) is 60.7 Å². The largest absolute Gasteiger partial charge is 0.494 e. The molecule has 4 nitrogen and oxygen atoms in total. The van der Waals surface area contributed by atoms with Gasteiger partial charge in [-0.15, -0.1) is 23.5 Å². The maximum Gasteiger partial charge on any atom is 0.257 e. The molecule has 2 heterocycles. The molecular weight excluding hydrogens is 396 g/mol. The normalized spacial score (nSPS) is 15.0. The summed E-state index contributed by atoms with van der Waals surface area (Å²) in [5.41, 5.74) is 2.80. The summed E-state index contributed by atoms with van der Waals surface area (Å²) in [4.78, 5) is 17.1. The number of anilines is 1. The van der Waals surface area contributed by atoms with E-state index in [0.29, 0.717) is 21.9 Å². The first kappa shape index (κ1) is 18.7. The highest BCUT2D eigenvalue weighted by molar-refractivity contribution is 8.16. The molecule has 1 fully saturated rings. The van der Waals surface area contributed by atoms with Crippen LogP contribution in [0.4, 0.5) is 5.13 Å². The number of carbonyl (C=O) groups is 1. The molecule has 2 aromatic carbocycles. The summed E-state index contributed by atoms with van der Waals surface area (Å²) < 4.78 is 7.01. The van der Waals surface area contributed by atoms with Crippen LogP contribution < -0.4 is 10.1 Å². The van der Waals surface area contributed by atoms with Crippen molar-refractivity contribution in [2.24, 2.45) is 0 Å². The number of ether oxygens (including phenoxy) is 1. The van der Waals surface area contributed by atoms with Crippen LogP contribution in [-0.2, 0) is 0 Å². The van der Waals surface area contributed by atoms with E-state index in [9.17, 15) is 4.79 Å². The average Bonchev–Trinajstić information content (AvgIpc) is 3.10. The van der Waals surface area contributed by atoms with Crippen LogP contribution in [0, 0.1) is 0 Å². The van der Waals surface area contributed by atoms with Gasteiger partial charge in [-0.2, -0.15) is 0 Å². The zero-order valence-electron chi connectivity index (χ0n) is 14.9. The maximum absolute atomic E-state index is 12.6. The second-order valence-electron chi connectivity index (χ2n) is 6.08. The second kappa shape index (κ2) is 8.54. The highest BCUT2D eigenvalue weighted by atomic mass is 32.2. The van der Waals surface area contributed by atoms with E-state index in [4.69, 9.17) is 4.74 Å². The Bertz CT molecular complexity index is 934. The number of carbonyl (C=O) groups excluding carboxylic acids is 1. The molecule has 1 amide bonds. The van der Waals surface area contributed by atoms with Crippen LogP contribution in [0.2, 0.25) is 0 Å². The average molecular weight is 417 g/mol. The molecule has 1 aliphatic heterocycles. The smallest absolute Gasteiger partial charge is 0.257 e. The van der Waals surface area contributed by atoms with Gasteiger partial charge in [-0.3, -0.25) is 10.1 Å². The Morgan fingerprint density at radius 3 is 2.70 bits per heavy atom. The number of hydrogen-bond donors (Lipinski definition) is 1. The lowest BCUT2D eigenvalue weighted by Gasteiger charge is -2.21. The van der Waals surface area contributed by atoms with Gasteiger partial charge in [0.15, 0.2) is 5.13 Å². The molecule has 0 bridgehead atoms. The minimum absolute atomic E-state index is 0.130. The van der Waals surface area contributed by atoms with E-state index in [-0.39, 0.29) is 5.91 Å². The van der Waals surface area contributed by atoms with Crippen molar-refractivity contribution in [3.63, 3.8) is 0 Å². The van der Waals surface area contributed by atoms with Crippen LogP contribution in [0.25, 0.3) is 10.2 Å². The third-order valence-corrected chi connectivity index (χ3v) is 8.11. The number of fused-ring (bicyclic) bond motifs is 1. The van der Waals surface area contributed by atoms with Crippen molar-refractivity contribution in [2.45, 2.75) is 17.9 Å². The Hall–Kier alpha value is -1.70. The van der Waals surface area contributed by atoms with Gasteiger partial charge in [0, 0.05) is 5.56 Å². The number of aromatic nitrogens is 1. The van der Waals surface area contributed by atoms with Crippen molar-refractivity contribution in [2.75, 3.05) is 23.4 Å². The molecule has 4 rings (SSSR count). The summed E-state index contributed by atoms with van der Waals surface area (Å²) in [6, 6.07) is 13.7. The van der Waals surface area contributed by atoms with Gasteiger partial charge < -0.3 is 4.74 Å². The molecule has 3 aromatic rings. The monoisotopic (exact) mass is 416 g/mol. The van der Waals surface area contributed by atoms with Crippen LogP contribution in [0.15, 0.2) is 42.5 Å². The van der Waals surface area contributed by atoms with Crippen LogP contribution >= 0.6 is 34.9 Å². The highest BCUT2D eigenvalue weighted by Gasteiger charge is 2.17. The van der Waals surface area contributed by atoms with E-state index in [1.54, 1.807) is 0 Å². The number of rotatable bonds is 5. The molecular formula is C20H20N2O2S3. The van der Waals surface area contributed by atoms with Crippen molar-refractivity contribution in [1.29, 1.82) is 0 Å². The number of thioether (sulfide) groups is 2. The maximum atomic E-state index is 12.6. The van der Waals surface area contributed by atoms with Crippen molar-refractivity contribution in [3.05, 3.63) is 53.6 Å². The van der Waals surface area contributed by atoms with E-state index < -0.39 is 0 Å². The summed E-state index contributed by atoms with van der Waals surface area (Å²) >= 11 is 5.42. The van der Waals surface area contributed by atoms with Gasteiger partial charge in [-0.25, -0.2) is 4.98 Å². The molecule has 0 saturated carbocycles. The third kappa shape index (κ3) is 4.42. The number of benzene rings is 2. The van der Waals surface area contributed by atoms with Crippen LogP contribution in [0.5, 0.6) is 5.75 Å². The second-order valence-corrected chi connectivity index (χ2v) is 9.84. The number of nitrogens with one attached hydrogen (secondary N) is 1. The first-order valence-electron chi connectivity index (χ1n) is 8.91. The van der Waals surface area contributed by atoms with Crippen molar-refractivity contribution in [3.8, 4) is 5.75 Å². The molecule has 1 aliphatic rings. The Kier molecular flexibility index (Phi) is 5.90. The van der Waals surface area contributed by atoms with Crippen molar-refractivity contribution < 1.29 is 9.53 Å². The molecule has 27 heavy (non-hydrogen) atoms. The lowest BCUT2D eigenvalue weighted by molar-refractivity contribution is 0.102. The summed E-state index contributed by atoms with van der Waals surface area (Å²) in [5, 5.41) is 3.52. The topological polar surface area (TPSA) is 51.2 Å². The van der Waals surface area contributed by atoms with Gasteiger partial charge >= 0.3 is 0 Å². The molecule has 0 spiro atoms. The molecule has 0 aliphatic carbocycles. The SMILES string of the molecule is CCOc1ccc2nc(NC(=O)c3ccc(C4SCCCS4)cc3)sc2c1. The molecule has 0 radical (unpaired) electrons. The summed E-state index contributed by atoms with van der Waals surface area (Å²) in [5.74, 6) is 3.11. The van der Waals surface area contributed by atoms with Crippen LogP contribution in [-0.4, -0.2) is 29.0 Å². The van der Waals surface area contributed by atoms with E-state index in [0.717, 1.165) is 16.0 Å². The van der Waals surface area contributed by atoms with Crippen LogP contribution in [0.3, 0.4) is 0 Å². The molecule has 7 heteroatoms. The fraction of sp³-hybridized carbons (Fsp3) is 0.300. The van der Waals surface area contributed by atoms with Gasteiger partial charge in [-0.1, -0.05) is 23.5 Å². The first-order valence-corrected chi connectivity index (χ1v) is 11.8. The van der Waals surface area contributed by atoms with Crippen LogP contribution in [0.1, 0.15) is 33.8 Å². The predicted octanol–water partition coefficient (Wildman–Crippen LogP) is 5.82. The Balaban J connectivity index is 1.46. The van der Waals surface area contributed by atoms with Crippen molar-refractivity contribution in [1.82, 2.24) is 4.98 Å². The number of nitrogens with zero attached hydrogens (tertiary/aromatic N) is 1. The number of thiazole rings is 1. The van der Waals surface area contributed by atoms with Crippen molar-refractivity contribution >= 4 is 56.1 Å². The standard InChI is InChI=1S/C20H20N2O2S3/c1-2-24-15-8-9-16-17(12-15)27-20(21-16)22-18(23)13-4-6-14(7-5-13)19-25-10-3-11-26-19/h4-9,12,19H,2-3,10-11H2,1H3,(H,21,22,23). The molecule has 1 saturated heterocycles. The molecule has 1 N–H and O–H groups in total. The van der Waals surface area contributed by atoms with Gasteiger partial charge in [0.25, 0.3) is 5.91 Å². The fourth-order valence-electron chi connectivity index (χ4n) is 2.86. The Labute approximate surface area is 171 Å².